The molecule has 4 N–H and O–H groups in total. The largest absolute Gasteiger partial charge is 0.328 e. The van der Waals surface area contributed by atoms with Gasteiger partial charge >= 0.3 is 0 Å². The maximum Gasteiger partial charge on any atom is 0.266 e. The molecule has 0 aliphatic heterocycles. The first-order valence-electron chi connectivity index (χ1n) is 5.76. The van der Waals surface area contributed by atoms with Gasteiger partial charge in [-0.2, -0.15) is 8.42 Å². The zero-order valence-corrected chi connectivity index (χ0v) is 11.7. The number of nitrogens with two attached hydrogens (primary N) is 1. The van der Waals surface area contributed by atoms with Crippen LogP contribution in [0.2, 0.25) is 0 Å². The topological polar surface area (TPSA) is 92.4 Å². The highest BCUT2D eigenvalue weighted by Gasteiger charge is 2.02. The van der Waals surface area contributed by atoms with Crippen LogP contribution in [0, 0.1) is 0 Å². The first-order chi connectivity index (χ1) is 8.31. The highest BCUT2D eigenvalue weighted by atomic mass is 32.2. The van der Waals surface area contributed by atoms with Crippen LogP contribution in [0.15, 0.2) is 30.3 Å². The van der Waals surface area contributed by atoms with Crippen molar-refractivity contribution in [3.63, 3.8) is 0 Å². The Hall–Kier alpha value is -0.950. The summed E-state index contributed by atoms with van der Waals surface area (Å²) in [6.07, 6.45) is 0. The molecule has 1 rings (SSSR count). The number of hydrogen-bond donors (Lipinski definition) is 3. The van der Waals surface area contributed by atoms with Gasteiger partial charge in [-0.1, -0.05) is 44.2 Å². The first kappa shape index (κ1) is 17.1. The Morgan fingerprint density at radius 2 is 1.78 bits per heavy atom. The van der Waals surface area contributed by atoms with Gasteiger partial charge in [0.25, 0.3) is 10.1 Å². The third-order valence-electron chi connectivity index (χ3n) is 1.71. The summed E-state index contributed by atoms with van der Waals surface area (Å²) >= 11 is 0. The van der Waals surface area contributed by atoms with E-state index in [1.807, 2.05) is 44.2 Å². The molecule has 104 valence electrons. The minimum Gasteiger partial charge on any atom is -0.328 e. The molecule has 0 unspecified atom stereocenters. The molecule has 0 radical (unpaired) electrons. The fourth-order valence-corrected chi connectivity index (χ4v) is 1.43. The van der Waals surface area contributed by atoms with Gasteiger partial charge in [-0.25, -0.2) is 0 Å². The molecule has 0 saturated heterocycles. The van der Waals surface area contributed by atoms with Crippen molar-refractivity contribution in [2.45, 2.75) is 26.4 Å². The molecule has 0 aromatic heterocycles. The summed E-state index contributed by atoms with van der Waals surface area (Å²) < 4.78 is 29.2. The zero-order chi connectivity index (χ0) is 14.0. The Kier molecular flexibility index (Phi) is 8.57. The summed E-state index contributed by atoms with van der Waals surface area (Å²) in [5.41, 5.74) is 6.20. The average molecular weight is 274 g/mol. The fraction of sp³-hybridized carbons (Fsp3) is 0.500. The summed E-state index contributed by atoms with van der Waals surface area (Å²) in [6.45, 7) is 4.75. The van der Waals surface area contributed by atoms with Crippen molar-refractivity contribution in [1.29, 1.82) is 0 Å². The molecule has 1 aromatic rings. The molecule has 5 nitrogen and oxygen atoms in total. The second-order valence-corrected chi connectivity index (χ2v) is 5.76. The van der Waals surface area contributed by atoms with Crippen LogP contribution in [0.4, 0.5) is 0 Å². The fourth-order valence-electron chi connectivity index (χ4n) is 1.03. The van der Waals surface area contributed by atoms with Gasteiger partial charge in [0.1, 0.15) is 0 Å². The highest BCUT2D eigenvalue weighted by molar-refractivity contribution is 7.85. The molecular weight excluding hydrogens is 252 g/mol. The second kappa shape index (κ2) is 9.04. The molecule has 0 spiro atoms. The maximum absolute atomic E-state index is 10.4. The SMILES string of the molecule is CC(C)N.O=S(=O)(O)CCNCc1ccccc1. The van der Waals surface area contributed by atoms with Crippen LogP contribution in [0.1, 0.15) is 19.4 Å². The normalized spacial score (nSPS) is 10.9. The van der Waals surface area contributed by atoms with E-state index in [2.05, 4.69) is 5.32 Å². The Morgan fingerprint density at radius 3 is 2.22 bits per heavy atom. The van der Waals surface area contributed by atoms with Crippen LogP contribution in [-0.4, -0.2) is 31.3 Å². The molecule has 1 aromatic carbocycles. The molecule has 0 aliphatic carbocycles. The molecule has 0 heterocycles. The van der Waals surface area contributed by atoms with Gasteiger partial charge in [-0.3, -0.25) is 4.55 Å². The number of hydrogen-bond acceptors (Lipinski definition) is 4. The van der Waals surface area contributed by atoms with Crippen LogP contribution in [0.3, 0.4) is 0 Å². The monoisotopic (exact) mass is 274 g/mol. The molecule has 6 heteroatoms. The molecular formula is C12H22N2O3S. The van der Waals surface area contributed by atoms with E-state index in [4.69, 9.17) is 10.3 Å². The minimum absolute atomic E-state index is 0.250. The van der Waals surface area contributed by atoms with Crippen molar-refractivity contribution in [3.05, 3.63) is 35.9 Å². The molecule has 0 amide bonds. The number of rotatable bonds is 5. The van der Waals surface area contributed by atoms with Crippen molar-refractivity contribution in [2.75, 3.05) is 12.3 Å². The Balaban J connectivity index is 0.000000631. The smallest absolute Gasteiger partial charge is 0.266 e. The van der Waals surface area contributed by atoms with E-state index < -0.39 is 10.1 Å². The summed E-state index contributed by atoms with van der Waals surface area (Å²) in [6, 6.07) is 9.97. The van der Waals surface area contributed by atoms with Crippen LogP contribution in [-0.2, 0) is 16.7 Å². The van der Waals surface area contributed by atoms with Gasteiger partial charge in [0, 0.05) is 13.1 Å². The zero-order valence-electron chi connectivity index (χ0n) is 10.8. The van der Waals surface area contributed by atoms with E-state index in [0.29, 0.717) is 12.6 Å². The van der Waals surface area contributed by atoms with E-state index in [0.717, 1.165) is 5.56 Å². The van der Waals surface area contributed by atoms with E-state index in [-0.39, 0.29) is 12.3 Å². The first-order valence-corrected chi connectivity index (χ1v) is 7.37. The van der Waals surface area contributed by atoms with Crippen LogP contribution >= 0.6 is 0 Å². The van der Waals surface area contributed by atoms with Gasteiger partial charge < -0.3 is 11.1 Å². The van der Waals surface area contributed by atoms with Gasteiger partial charge in [-0.15, -0.1) is 0 Å². The van der Waals surface area contributed by atoms with Gasteiger partial charge in [0.15, 0.2) is 0 Å². The molecule has 0 saturated carbocycles. The van der Waals surface area contributed by atoms with Crippen LogP contribution in [0.5, 0.6) is 0 Å². The van der Waals surface area contributed by atoms with E-state index in [9.17, 15) is 8.42 Å². The standard InChI is InChI=1S/C9H13NO3S.C3H9N/c11-14(12,13)7-6-10-8-9-4-2-1-3-5-9;1-3(2)4/h1-5,10H,6-8H2,(H,11,12,13);3H,4H2,1-2H3. The second-order valence-electron chi connectivity index (χ2n) is 4.19. The predicted octanol–water partition coefficient (Wildman–Crippen LogP) is 1.02. The third-order valence-corrected chi connectivity index (χ3v) is 2.43. The molecule has 0 bridgehead atoms. The summed E-state index contributed by atoms with van der Waals surface area (Å²) in [4.78, 5) is 0. The van der Waals surface area contributed by atoms with E-state index in [1.54, 1.807) is 0 Å². The quantitative estimate of drug-likeness (QED) is 0.550. The van der Waals surface area contributed by atoms with Gasteiger partial charge in [0.05, 0.1) is 5.75 Å². The lowest BCUT2D eigenvalue weighted by Crippen LogP contribution is -2.22. The maximum atomic E-state index is 10.4. The molecule has 0 fully saturated rings. The predicted molar refractivity (Wildman–Crippen MR) is 73.9 cm³/mol. The van der Waals surface area contributed by atoms with Crippen molar-refractivity contribution in [3.8, 4) is 0 Å². The van der Waals surface area contributed by atoms with Crippen LogP contribution < -0.4 is 11.1 Å². The average Bonchev–Trinajstić information content (AvgIpc) is 2.24. The van der Waals surface area contributed by atoms with Crippen molar-refractivity contribution < 1.29 is 13.0 Å². The van der Waals surface area contributed by atoms with Crippen molar-refractivity contribution in [1.82, 2.24) is 5.32 Å². The van der Waals surface area contributed by atoms with Crippen molar-refractivity contribution >= 4 is 10.1 Å². The minimum atomic E-state index is -3.84. The van der Waals surface area contributed by atoms with E-state index in [1.165, 1.54) is 0 Å². The molecule has 0 atom stereocenters. The number of nitrogens with one attached hydrogen (secondary N) is 1. The Morgan fingerprint density at radius 1 is 1.28 bits per heavy atom. The van der Waals surface area contributed by atoms with Gasteiger partial charge in [0.2, 0.25) is 0 Å². The van der Waals surface area contributed by atoms with Crippen molar-refractivity contribution in [2.24, 2.45) is 5.73 Å². The Labute approximate surface area is 109 Å². The molecule has 18 heavy (non-hydrogen) atoms. The lowest BCUT2D eigenvalue weighted by Gasteiger charge is -2.02. The number of benzene rings is 1. The summed E-state index contributed by atoms with van der Waals surface area (Å²) in [5, 5.41) is 2.92. The lowest BCUT2D eigenvalue weighted by atomic mass is 10.2. The summed E-state index contributed by atoms with van der Waals surface area (Å²) in [7, 11) is -3.84. The summed E-state index contributed by atoms with van der Waals surface area (Å²) in [5.74, 6) is -0.250. The van der Waals surface area contributed by atoms with E-state index >= 15 is 0 Å². The Bertz CT molecular complexity index is 402. The van der Waals surface area contributed by atoms with Gasteiger partial charge in [-0.05, 0) is 11.6 Å². The lowest BCUT2D eigenvalue weighted by molar-refractivity contribution is 0.480. The third kappa shape index (κ3) is 13.1. The molecule has 0 aliphatic rings. The highest BCUT2D eigenvalue weighted by Crippen LogP contribution is 1.96. The van der Waals surface area contributed by atoms with Crippen LogP contribution in [0.25, 0.3) is 0 Å².